The van der Waals surface area contributed by atoms with Crippen LogP contribution in [0.25, 0.3) is 0 Å². The van der Waals surface area contributed by atoms with Crippen molar-refractivity contribution in [3.63, 3.8) is 0 Å². The number of likely N-dealkylation sites (N-methyl/N-ethyl adjacent to an activating group) is 1. The van der Waals surface area contributed by atoms with Crippen LogP contribution in [0.4, 0.5) is 0 Å². The van der Waals surface area contributed by atoms with E-state index in [9.17, 15) is 0 Å². The monoisotopic (exact) mass is 225 g/mol. The number of piperazine rings is 1. The van der Waals surface area contributed by atoms with Crippen LogP contribution >= 0.6 is 0 Å². The minimum Gasteiger partial charge on any atom is -0.304 e. The molecule has 0 amide bonds. The number of rotatable bonds is 3. The highest BCUT2D eigenvalue weighted by Crippen LogP contribution is 2.27. The number of hydrogen-bond donors (Lipinski definition) is 1. The van der Waals surface area contributed by atoms with E-state index in [1.165, 1.54) is 58.4 Å². The second-order valence-corrected chi connectivity index (χ2v) is 5.79. The van der Waals surface area contributed by atoms with Crippen LogP contribution in [0.15, 0.2) is 0 Å². The third-order valence-electron chi connectivity index (χ3n) is 4.15. The Labute approximate surface area is 100 Å². The molecular formula is C13H27N3. The molecule has 3 heteroatoms. The topological polar surface area (TPSA) is 18.5 Å². The van der Waals surface area contributed by atoms with Gasteiger partial charge in [0.15, 0.2) is 0 Å². The van der Waals surface area contributed by atoms with E-state index in [2.05, 4.69) is 29.3 Å². The molecule has 1 saturated heterocycles. The first kappa shape index (κ1) is 12.3. The maximum Gasteiger partial charge on any atom is 0.0259 e. The van der Waals surface area contributed by atoms with Crippen molar-refractivity contribution in [3.05, 3.63) is 0 Å². The molecule has 0 bridgehead atoms. The van der Waals surface area contributed by atoms with Gasteiger partial charge < -0.3 is 4.90 Å². The summed E-state index contributed by atoms with van der Waals surface area (Å²) in [6.07, 6.45) is 5.76. The molecule has 0 aromatic rings. The first-order valence-electron chi connectivity index (χ1n) is 6.91. The van der Waals surface area contributed by atoms with Gasteiger partial charge in [0.1, 0.15) is 0 Å². The maximum absolute atomic E-state index is 3.64. The van der Waals surface area contributed by atoms with E-state index in [0.29, 0.717) is 0 Å². The second-order valence-electron chi connectivity index (χ2n) is 5.79. The molecule has 2 aliphatic rings. The average molecular weight is 225 g/mol. The van der Waals surface area contributed by atoms with Gasteiger partial charge >= 0.3 is 0 Å². The lowest BCUT2D eigenvalue weighted by atomic mass is 9.82. The highest BCUT2D eigenvalue weighted by molar-refractivity contribution is 4.73. The Morgan fingerprint density at radius 1 is 1.12 bits per heavy atom. The summed E-state index contributed by atoms with van der Waals surface area (Å²) in [6.45, 7) is 8.37. The predicted octanol–water partition coefficient (Wildman–Crippen LogP) is 1.56. The molecule has 0 spiro atoms. The SMILES string of the molecule is CC1CCCC(CNN2CCN(C)CC2)C1. The summed E-state index contributed by atoms with van der Waals surface area (Å²) in [6, 6.07) is 0. The van der Waals surface area contributed by atoms with Crippen molar-refractivity contribution in [2.75, 3.05) is 39.8 Å². The van der Waals surface area contributed by atoms with Gasteiger partial charge in [0.25, 0.3) is 0 Å². The summed E-state index contributed by atoms with van der Waals surface area (Å²) < 4.78 is 0. The zero-order chi connectivity index (χ0) is 11.4. The Balaban J connectivity index is 1.63. The van der Waals surface area contributed by atoms with Gasteiger partial charge in [-0.2, -0.15) is 0 Å². The third-order valence-corrected chi connectivity index (χ3v) is 4.15. The molecule has 0 aromatic heterocycles. The largest absolute Gasteiger partial charge is 0.304 e. The van der Waals surface area contributed by atoms with Gasteiger partial charge in [-0.25, -0.2) is 5.01 Å². The van der Waals surface area contributed by atoms with Crippen LogP contribution in [0.3, 0.4) is 0 Å². The first-order chi connectivity index (χ1) is 7.74. The number of nitrogens with one attached hydrogen (secondary N) is 1. The third kappa shape index (κ3) is 3.72. The Morgan fingerprint density at radius 2 is 1.88 bits per heavy atom. The molecule has 1 aliphatic carbocycles. The molecule has 2 rings (SSSR count). The van der Waals surface area contributed by atoms with Crippen LogP contribution < -0.4 is 5.43 Å². The minimum absolute atomic E-state index is 0.920. The highest BCUT2D eigenvalue weighted by Gasteiger charge is 2.20. The highest BCUT2D eigenvalue weighted by atomic mass is 15.5. The van der Waals surface area contributed by atoms with E-state index >= 15 is 0 Å². The van der Waals surface area contributed by atoms with Gasteiger partial charge in [0.05, 0.1) is 0 Å². The van der Waals surface area contributed by atoms with Crippen LogP contribution in [0.1, 0.15) is 32.6 Å². The second kappa shape index (κ2) is 5.99. The predicted molar refractivity (Wildman–Crippen MR) is 68.2 cm³/mol. The fraction of sp³-hybridized carbons (Fsp3) is 1.00. The van der Waals surface area contributed by atoms with Crippen LogP contribution in [0.2, 0.25) is 0 Å². The lowest BCUT2D eigenvalue weighted by Gasteiger charge is -2.35. The van der Waals surface area contributed by atoms with Gasteiger partial charge in [0.2, 0.25) is 0 Å². The molecule has 1 N–H and O–H groups in total. The van der Waals surface area contributed by atoms with E-state index in [1.54, 1.807) is 0 Å². The molecule has 1 saturated carbocycles. The van der Waals surface area contributed by atoms with Crippen molar-refractivity contribution < 1.29 is 0 Å². The van der Waals surface area contributed by atoms with E-state index in [0.717, 1.165) is 11.8 Å². The van der Waals surface area contributed by atoms with Crippen molar-refractivity contribution in [1.29, 1.82) is 0 Å². The lowest BCUT2D eigenvalue weighted by Crippen LogP contribution is -2.51. The molecule has 0 aromatic carbocycles. The van der Waals surface area contributed by atoms with Crippen molar-refractivity contribution in [3.8, 4) is 0 Å². The standard InChI is InChI=1S/C13H27N3/c1-12-4-3-5-13(10-12)11-14-16-8-6-15(2)7-9-16/h12-14H,3-11H2,1-2H3. The molecule has 0 radical (unpaired) electrons. The molecule has 94 valence electrons. The molecule has 2 fully saturated rings. The number of hydrogen-bond acceptors (Lipinski definition) is 3. The van der Waals surface area contributed by atoms with Gasteiger partial charge in [-0.15, -0.1) is 0 Å². The molecular weight excluding hydrogens is 198 g/mol. The summed E-state index contributed by atoms with van der Waals surface area (Å²) in [4.78, 5) is 2.40. The van der Waals surface area contributed by atoms with Crippen LogP contribution in [0.5, 0.6) is 0 Å². The van der Waals surface area contributed by atoms with Crippen molar-refractivity contribution in [1.82, 2.24) is 15.3 Å². The summed E-state index contributed by atoms with van der Waals surface area (Å²) in [7, 11) is 2.21. The van der Waals surface area contributed by atoms with Gasteiger partial charge in [0, 0.05) is 32.7 Å². The van der Waals surface area contributed by atoms with Crippen molar-refractivity contribution >= 4 is 0 Å². The molecule has 1 aliphatic heterocycles. The van der Waals surface area contributed by atoms with E-state index < -0.39 is 0 Å². The van der Waals surface area contributed by atoms with Crippen LogP contribution in [-0.2, 0) is 0 Å². The first-order valence-corrected chi connectivity index (χ1v) is 6.91. The molecule has 1 heterocycles. The summed E-state index contributed by atoms with van der Waals surface area (Å²) in [5, 5.41) is 2.42. The number of nitrogens with zero attached hydrogens (tertiary/aromatic N) is 2. The summed E-state index contributed by atoms with van der Waals surface area (Å²) in [5.74, 6) is 1.87. The van der Waals surface area contributed by atoms with Gasteiger partial charge in [-0.05, 0) is 31.7 Å². The Hall–Kier alpha value is -0.120. The van der Waals surface area contributed by atoms with Crippen molar-refractivity contribution in [2.24, 2.45) is 11.8 Å². The van der Waals surface area contributed by atoms with E-state index in [4.69, 9.17) is 0 Å². The van der Waals surface area contributed by atoms with Gasteiger partial charge in [-0.1, -0.05) is 19.8 Å². The minimum atomic E-state index is 0.920. The normalized spacial score (nSPS) is 34.1. The summed E-state index contributed by atoms with van der Waals surface area (Å²) >= 11 is 0. The fourth-order valence-corrected chi connectivity index (χ4v) is 2.97. The smallest absolute Gasteiger partial charge is 0.0259 e. The van der Waals surface area contributed by atoms with E-state index in [1.807, 2.05) is 0 Å². The van der Waals surface area contributed by atoms with E-state index in [-0.39, 0.29) is 0 Å². The zero-order valence-electron chi connectivity index (χ0n) is 10.9. The Kier molecular flexibility index (Phi) is 4.62. The molecule has 2 unspecified atom stereocenters. The molecule has 2 atom stereocenters. The van der Waals surface area contributed by atoms with Crippen LogP contribution in [0, 0.1) is 11.8 Å². The quantitative estimate of drug-likeness (QED) is 0.786. The molecule has 3 nitrogen and oxygen atoms in total. The van der Waals surface area contributed by atoms with Gasteiger partial charge in [-0.3, -0.25) is 5.43 Å². The molecule has 16 heavy (non-hydrogen) atoms. The maximum atomic E-state index is 3.64. The van der Waals surface area contributed by atoms with Crippen LogP contribution in [-0.4, -0.2) is 49.7 Å². The number of hydrazine groups is 1. The zero-order valence-corrected chi connectivity index (χ0v) is 10.9. The average Bonchev–Trinajstić information content (AvgIpc) is 2.28. The Bertz CT molecular complexity index is 199. The Morgan fingerprint density at radius 3 is 2.56 bits per heavy atom. The fourth-order valence-electron chi connectivity index (χ4n) is 2.97. The summed E-state index contributed by atoms with van der Waals surface area (Å²) in [5.41, 5.74) is 3.64. The van der Waals surface area contributed by atoms with Crippen molar-refractivity contribution in [2.45, 2.75) is 32.6 Å². The lowest BCUT2D eigenvalue weighted by molar-refractivity contribution is 0.0915.